The van der Waals surface area contributed by atoms with Crippen LogP contribution in [0.1, 0.15) is 66.7 Å². The standard InChI is InChI=1S/C17H32N2O5/c1-6-13(20)18-11-9-17(4,5)24-12-10-16(2,3)19-14(21)7-8-15(22)23/h6-12H2,1-5H3,(H,18,20)(H,19,21)(H,22,23). The molecule has 0 aromatic rings. The Balaban J connectivity index is 4.10. The second-order valence-corrected chi connectivity index (χ2v) is 7.14. The van der Waals surface area contributed by atoms with Gasteiger partial charge in [-0.2, -0.15) is 0 Å². The second kappa shape index (κ2) is 10.3. The highest BCUT2D eigenvalue weighted by Crippen LogP contribution is 2.17. The molecule has 7 nitrogen and oxygen atoms in total. The molecule has 140 valence electrons. The molecule has 0 rings (SSSR count). The van der Waals surface area contributed by atoms with Crippen LogP contribution < -0.4 is 10.6 Å². The predicted molar refractivity (Wildman–Crippen MR) is 91.7 cm³/mol. The first-order valence-electron chi connectivity index (χ1n) is 8.41. The maximum Gasteiger partial charge on any atom is 0.303 e. The van der Waals surface area contributed by atoms with Crippen molar-refractivity contribution in [1.82, 2.24) is 10.6 Å². The van der Waals surface area contributed by atoms with Gasteiger partial charge >= 0.3 is 5.97 Å². The lowest BCUT2D eigenvalue weighted by molar-refractivity contribution is -0.139. The van der Waals surface area contributed by atoms with Gasteiger partial charge in [-0.25, -0.2) is 0 Å². The minimum Gasteiger partial charge on any atom is -0.481 e. The van der Waals surface area contributed by atoms with Crippen molar-refractivity contribution >= 4 is 17.8 Å². The Hall–Kier alpha value is -1.63. The summed E-state index contributed by atoms with van der Waals surface area (Å²) in [4.78, 5) is 33.4. The molecule has 0 unspecified atom stereocenters. The van der Waals surface area contributed by atoms with Crippen molar-refractivity contribution < 1.29 is 24.2 Å². The van der Waals surface area contributed by atoms with E-state index in [1.54, 1.807) is 0 Å². The lowest BCUT2D eigenvalue weighted by Gasteiger charge is -2.30. The molecule has 0 saturated carbocycles. The Kier molecular flexibility index (Phi) is 9.58. The van der Waals surface area contributed by atoms with E-state index in [1.807, 2.05) is 34.6 Å². The third-order valence-electron chi connectivity index (χ3n) is 3.63. The zero-order chi connectivity index (χ0) is 18.8. The summed E-state index contributed by atoms with van der Waals surface area (Å²) >= 11 is 0. The van der Waals surface area contributed by atoms with Gasteiger partial charge < -0.3 is 20.5 Å². The van der Waals surface area contributed by atoms with Gasteiger partial charge in [0.15, 0.2) is 0 Å². The first-order chi connectivity index (χ1) is 11.0. The number of amides is 2. The van der Waals surface area contributed by atoms with Gasteiger partial charge in [-0.3, -0.25) is 14.4 Å². The molecule has 24 heavy (non-hydrogen) atoms. The molecule has 0 aromatic carbocycles. The molecule has 0 heterocycles. The number of carbonyl (C=O) groups excluding carboxylic acids is 2. The summed E-state index contributed by atoms with van der Waals surface area (Å²) in [6, 6.07) is 0. The van der Waals surface area contributed by atoms with E-state index in [-0.39, 0.29) is 30.3 Å². The number of carboxylic acid groups (broad SMARTS) is 1. The number of nitrogens with one attached hydrogen (secondary N) is 2. The molecule has 0 atom stereocenters. The SMILES string of the molecule is CCC(=O)NCCC(C)(C)OCCC(C)(C)NC(=O)CCC(=O)O. The molecule has 0 bridgehead atoms. The molecule has 0 aliphatic heterocycles. The predicted octanol–water partition coefficient (Wildman–Crippen LogP) is 1.85. The van der Waals surface area contributed by atoms with E-state index in [0.29, 0.717) is 32.4 Å². The van der Waals surface area contributed by atoms with Crippen molar-refractivity contribution in [2.24, 2.45) is 0 Å². The fourth-order valence-electron chi connectivity index (χ4n) is 2.01. The summed E-state index contributed by atoms with van der Waals surface area (Å²) in [7, 11) is 0. The number of hydrogen-bond donors (Lipinski definition) is 3. The minimum atomic E-state index is -0.983. The molecule has 0 saturated heterocycles. The molecule has 0 aliphatic carbocycles. The molecule has 0 fully saturated rings. The van der Waals surface area contributed by atoms with Crippen LogP contribution in [0.15, 0.2) is 0 Å². The molecule has 2 amide bonds. The van der Waals surface area contributed by atoms with Gasteiger partial charge in [-0.1, -0.05) is 6.92 Å². The quantitative estimate of drug-likeness (QED) is 0.501. The maximum absolute atomic E-state index is 11.7. The zero-order valence-electron chi connectivity index (χ0n) is 15.5. The van der Waals surface area contributed by atoms with E-state index in [1.165, 1.54) is 0 Å². The highest BCUT2D eigenvalue weighted by molar-refractivity contribution is 5.81. The van der Waals surface area contributed by atoms with Crippen molar-refractivity contribution in [3.8, 4) is 0 Å². The van der Waals surface area contributed by atoms with Crippen molar-refractivity contribution in [3.05, 3.63) is 0 Å². The smallest absolute Gasteiger partial charge is 0.303 e. The first kappa shape index (κ1) is 22.4. The molecule has 0 aliphatic rings. The van der Waals surface area contributed by atoms with Crippen LogP contribution in [-0.4, -0.2) is 47.2 Å². The molecular formula is C17H32N2O5. The van der Waals surface area contributed by atoms with Gasteiger partial charge in [0.05, 0.1) is 12.0 Å². The Labute approximate surface area is 144 Å². The van der Waals surface area contributed by atoms with E-state index in [4.69, 9.17) is 9.84 Å². The average Bonchev–Trinajstić information content (AvgIpc) is 2.43. The monoisotopic (exact) mass is 344 g/mol. The Morgan fingerprint density at radius 1 is 1.00 bits per heavy atom. The highest BCUT2D eigenvalue weighted by Gasteiger charge is 2.23. The number of carbonyl (C=O) groups is 3. The Morgan fingerprint density at radius 2 is 1.62 bits per heavy atom. The number of ether oxygens (including phenoxy) is 1. The lowest BCUT2D eigenvalue weighted by atomic mass is 10.00. The number of hydrogen-bond acceptors (Lipinski definition) is 4. The Morgan fingerprint density at radius 3 is 2.17 bits per heavy atom. The van der Waals surface area contributed by atoms with Crippen LogP contribution in [0.5, 0.6) is 0 Å². The molecule has 0 spiro atoms. The lowest BCUT2D eigenvalue weighted by Crippen LogP contribution is -2.45. The fourth-order valence-corrected chi connectivity index (χ4v) is 2.01. The number of aliphatic carboxylic acids is 1. The summed E-state index contributed by atoms with van der Waals surface area (Å²) in [6.45, 7) is 10.5. The first-order valence-corrected chi connectivity index (χ1v) is 8.41. The van der Waals surface area contributed by atoms with E-state index in [9.17, 15) is 14.4 Å². The summed E-state index contributed by atoms with van der Waals surface area (Å²) in [5.74, 6) is -1.23. The van der Waals surface area contributed by atoms with E-state index >= 15 is 0 Å². The highest BCUT2D eigenvalue weighted by atomic mass is 16.5. The fraction of sp³-hybridized carbons (Fsp3) is 0.824. The van der Waals surface area contributed by atoms with E-state index < -0.39 is 11.5 Å². The van der Waals surface area contributed by atoms with E-state index in [0.717, 1.165) is 0 Å². The second-order valence-electron chi connectivity index (χ2n) is 7.14. The van der Waals surface area contributed by atoms with Crippen LogP contribution >= 0.6 is 0 Å². The van der Waals surface area contributed by atoms with Gasteiger partial charge in [0.1, 0.15) is 0 Å². The van der Waals surface area contributed by atoms with Crippen LogP contribution in [0.25, 0.3) is 0 Å². The summed E-state index contributed by atoms with van der Waals surface area (Å²) in [5.41, 5.74) is -0.841. The van der Waals surface area contributed by atoms with Crippen LogP contribution in [0.4, 0.5) is 0 Å². The average molecular weight is 344 g/mol. The van der Waals surface area contributed by atoms with Gasteiger partial charge in [0.2, 0.25) is 11.8 Å². The normalized spacial score (nSPS) is 11.9. The minimum absolute atomic E-state index is 0.0241. The van der Waals surface area contributed by atoms with Gasteiger partial charge in [-0.15, -0.1) is 0 Å². The molecule has 0 aromatic heterocycles. The third-order valence-corrected chi connectivity index (χ3v) is 3.63. The maximum atomic E-state index is 11.7. The van der Waals surface area contributed by atoms with Crippen molar-refractivity contribution in [2.45, 2.75) is 77.9 Å². The third kappa shape index (κ3) is 11.9. The molecule has 3 N–H and O–H groups in total. The van der Waals surface area contributed by atoms with Gasteiger partial charge in [-0.05, 0) is 40.5 Å². The topological polar surface area (TPSA) is 105 Å². The van der Waals surface area contributed by atoms with Crippen LogP contribution in [-0.2, 0) is 19.1 Å². The largest absolute Gasteiger partial charge is 0.481 e. The van der Waals surface area contributed by atoms with Crippen molar-refractivity contribution in [3.63, 3.8) is 0 Å². The summed E-state index contributed by atoms with van der Waals surface area (Å²) in [5, 5.41) is 14.2. The Bertz CT molecular complexity index is 433. The van der Waals surface area contributed by atoms with E-state index in [2.05, 4.69) is 10.6 Å². The van der Waals surface area contributed by atoms with Crippen LogP contribution in [0, 0.1) is 0 Å². The van der Waals surface area contributed by atoms with Gasteiger partial charge in [0.25, 0.3) is 0 Å². The summed E-state index contributed by atoms with van der Waals surface area (Å²) < 4.78 is 5.86. The molecular weight excluding hydrogens is 312 g/mol. The molecule has 0 radical (unpaired) electrons. The van der Waals surface area contributed by atoms with Crippen molar-refractivity contribution in [1.29, 1.82) is 0 Å². The number of rotatable bonds is 12. The zero-order valence-corrected chi connectivity index (χ0v) is 15.5. The molecule has 7 heteroatoms. The van der Waals surface area contributed by atoms with Crippen molar-refractivity contribution in [2.75, 3.05) is 13.2 Å². The van der Waals surface area contributed by atoms with Gasteiger partial charge in [0, 0.05) is 31.5 Å². The summed E-state index contributed by atoms with van der Waals surface area (Å²) in [6.07, 6.45) is 1.58. The van der Waals surface area contributed by atoms with Crippen LogP contribution in [0.2, 0.25) is 0 Å². The number of carboxylic acids is 1. The van der Waals surface area contributed by atoms with Crippen LogP contribution in [0.3, 0.4) is 0 Å².